The molecule has 1 N–H and O–H groups in total. The first-order chi connectivity index (χ1) is 14.5. The number of hydrogen-bond acceptors (Lipinski definition) is 6. The van der Waals surface area contributed by atoms with Crippen LogP contribution in [0.15, 0.2) is 48.5 Å². The predicted molar refractivity (Wildman–Crippen MR) is 118 cm³/mol. The summed E-state index contributed by atoms with van der Waals surface area (Å²) >= 11 is 1.48. The van der Waals surface area contributed by atoms with Gasteiger partial charge in [-0.1, -0.05) is 30.4 Å². The van der Waals surface area contributed by atoms with Crippen LogP contribution in [0.4, 0.5) is 5.69 Å². The highest BCUT2D eigenvalue weighted by atomic mass is 32.1. The van der Waals surface area contributed by atoms with Crippen LogP contribution in [0.2, 0.25) is 0 Å². The van der Waals surface area contributed by atoms with E-state index in [1.807, 2.05) is 38.1 Å². The Morgan fingerprint density at radius 1 is 1.17 bits per heavy atom. The average Bonchev–Trinajstić information content (AvgIpc) is 3.30. The maximum absolute atomic E-state index is 12.6. The minimum Gasteiger partial charge on any atom is -0.491 e. The highest BCUT2D eigenvalue weighted by molar-refractivity contribution is 7.19. The van der Waals surface area contributed by atoms with Gasteiger partial charge in [-0.15, -0.1) is 10.2 Å². The molecule has 0 atom stereocenters. The maximum Gasteiger partial charge on any atom is 0.255 e. The van der Waals surface area contributed by atoms with Crippen molar-refractivity contribution in [1.82, 2.24) is 19.8 Å². The molecule has 2 aromatic carbocycles. The first-order valence-electron chi connectivity index (χ1n) is 9.93. The van der Waals surface area contributed by atoms with Crippen molar-refractivity contribution < 1.29 is 9.53 Å². The van der Waals surface area contributed by atoms with E-state index in [1.165, 1.54) is 11.3 Å². The van der Waals surface area contributed by atoms with Crippen LogP contribution in [0.1, 0.15) is 43.4 Å². The number of anilines is 1. The molecule has 0 saturated heterocycles. The lowest BCUT2D eigenvalue weighted by Crippen LogP contribution is -2.12. The van der Waals surface area contributed by atoms with Crippen LogP contribution in [-0.4, -0.2) is 31.8 Å². The summed E-state index contributed by atoms with van der Waals surface area (Å²) in [7, 11) is 0. The van der Waals surface area contributed by atoms with Gasteiger partial charge < -0.3 is 10.1 Å². The number of nitrogens with zero attached hydrogens (tertiary/aromatic N) is 4. The zero-order valence-electron chi connectivity index (χ0n) is 17.1. The van der Waals surface area contributed by atoms with E-state index in [-0.39, 0.29) is 12.0 Å². The van der Waals surface area contributed by atoms with Crippen molar-refractivity contribution in [1.29, 1.82) is 0 Å². The monoisotopic (exact) mass is 421 g/mol. The van der Waals surface area contributed by atoms with Crippen molar-refractivity contribution in [3.8, 4) is 16.3 Å². The minimum atomic E-state index is -0.174. The van der Waals surface area contributed by atoms with Gasteiger partial charge in [0.15, 0.2) is 5.82 Å². The van der Waals surface area contributed by atoms with Crippen LogP contribution < -0.4 is 10.1 Å². The number of carbonyl (C=O) groups is 1. The molecule has 0 bridgehead atoms. The zero-order valence-corrected chi connectivity index (χ0v) is 17.9. The van der Waals surface area contributed by atoms with Gasteiger partial charge in [-0.25, -0.2) is 0 Å². The van der Waals surface area contributed by atoms with Gasteiger partial charge in [0.25, 0.3) is 5.91 Å². The Morgan fingerprint density at radius 3 is 2.70 bits per heavy atom. The number of benzene rings is 2. The molecular formula is C22H23N5O2S. The molecule has 0 unspecified atom stereocenters. The van der Waals surface area contributed by atoms with Crippen LogP contribution in [0, 0.1) is 0 Å². The third-order valence-electron chi connectivity index (χ3n) is 4.38. The van der Waals surface area contributed by atoms with Crippen molar-refractivity contribution in [3.05, 3.63) is 59.9 Å². The Labute approximate surface area is 178 Å². The third-order valence-corrected chi connectivity index (χ3v) is 5.33. The van der Waals surface area contributed by atoms with E-state index >= 15 is 0 Å². The Morgan fingerprint density at radius 2 is 1.97 bits per heavy atom. The van der Waals surface area contributed by atoms with Gasteiger partial charge in [-0.3, -0.25) is 4.79 Å². The van der Waals surface area contributed by atoms with E-state index in [1.54, 1.807) is 28.8 Å². The van der Waals surface area contributed by atoms with E-state index in [4.69, 9.17) is 4.74 Å². The number of amides is 1. The molecule has 30 heavy (non-hydrogen) atoms. The molecular weight excluding hydrogens is 398 g/mol. The Hall–Kier alpha value is -3.26. The van der Waals surface area contributed by atoms with Crippen LogP contribution >= 0.6 is 11.3 Å². The van der Waals surface area contributed by atoms with Crippen LogP contribution in [0.25, 0.3) is 15.5 Å². The largest absolute Gasteiger partial charge is 0.491 e. The number of carbonyl (C=O) groups excluding carboxylic acids is 1. The van der Waals surface area contributed by atoms with Crippen molar-refractivity contribution in [2.24, 2.45) is 0 Å². The van der Waals surface area contributed by atoms with E-state index < -0.39 is 0 Å². The molecule has 0 radical (unpaired) electrons. The summed E-state index contributed by atoms with van der Waals surface area (Å²) in [6.07, 6.45) is 1.91. The smallest absolute Gasteiger partial charge is 0.255 e. The number of hydrogen-bond donors (Lipinski definition) is 1. The van der Waals surface area contributed by atoms with E-state index in [0.717, 1.165) is 39.9 Å². The van der Waals surface area contributed by atoms with Gasteiger partial charge in [0.05, 0.1) is 6.10 Å². The van der Waals surface area contributed by atoms with Crippen LogP contribution in [0.3, 0.4) is 0 Å². The summed E-state index contributed by atoms with van der Waals surface area (Å²) in [6, 6.07) is 14.8. The SMILES string of the molecule is CCCc1nnc2sc(-c3cccc(NC(=O)c4ccc(OC(C)C)cc4)c3)nn12. The highest BCUT2D eigenvalue weighted by Gasteiger charge is 2.13. The fourth-order valence-electron chi connectivity index (χ4n) is 3.04. The van der Waals surface area contributed by atoms with Gasteiger partial charge in [-0.2, -0.15) is 9.61 Å². The predicted octanol–water partition coefficient (Wildman–Crippen LogP) is 4.84. The zero-order chi connectivity index (χ0) is 21.1. The number of ether oxygens (including phenoxy) is 1. The molecule has 4 rings (SSSR count). The maximum atomic E-state index is 12.6. The molecule has 154 valence electrons. The fraction of sp³-hybridized carbons (Fsp3) is 0.273. The summed E-state index contributed by atoms with van der Waals surface area (Å²) < 4.78 is 7.43. The van der Waals surface area contributed by atoms with E-state index in [0.29, 0.717) is 11.3 Å². The molecule has 0 aliphatic carbocycles. The number of aromatic nitrogens is 4. The molecule has 7 nitrogen and oxygen atoms in total. The summed E-state index contributed by atoms with van der Waals surface area (Å²) in [5.41, 5.74) is 2.20. The van der Waals surface area contributed by atoms with Crippen molar-refractivity contribution >= 4 is 27.9 Å². The molecule has 8 heteroatoms. The summed E-state index contributed by atoms with van der Waals surface area (Å²) in [6.45, 7) is 6.04. The van der Waals surface area contributed by atoms with E-state index in [9.17, 15) is 4.79 Å². The summed E-state index contributed by atoms with van der Waals surface area (Å²) in [5.74, 6) is 1.44. The van der Waals surface area contributed by atoms with Crippen LogP contribution in [-0.2, 0) is 6.42 Å². The summed E-state index contributed by atoms with van der Waals surface area (Å²) in [4.78, 5) is 13.4. The first kappa shape index (κ1) is 20.0. The van der Waals surface area contributed by atoms with Gasteiger partial charge in [0.2, 0.25) is 4.96 Å². The Kier molecular flexibility index (Phi) is 5.76. The van der Waals surface area contributed by atoms with Crippen molar-refractivity contribution in [2.75, 3.05) is 5.32 Å². The first-order valence-corrected chi connectivity index (χ1v) is 10.7. The quantitative estimate of drug-likeness (QED) is 0.462. The van der Waals surface area contributed by atoms with Gasteiger partial charge in [0.1, 0.15) is 10.8 Å². The molecule has 1 amide bonds. The highest BCUT2D eigenvalue weighted by Crippen LogP contribution is 2.28. The molecule has 0 aliphatic heterocycles. The molecule has 4 aromatic rings. The number of aryl methyl sites for hydroxylation is 1. The molecule has 2 heterocycles. The van der Waals surface area contributed by atoms with Gasteiger partial charge in [0, 0.05) is 23.2 Å². The second-order valence-electron chi connectivity index (χ2n) is 7.19. The number of fused-ring (bicyclic) bond motifs is 1. The second kappa shape index (κ2) is 8.62. The lowest BCUT2D eigenvalue weighted by molar-refractivity contribution is 0.102. The van der Waals surface area contributed by atoms with Crippen LogP contribution in [0.5, 0.6) is 5.75 Å². The molecule has 2 aromatic heterocycles. The fourth-order valence-corrected chi connectivity index (χ4v) is 3.90. The Bertz CT molecular complexity index is 1160. The Balaban J connectivity index is 1.51. The average molecular weight is 422 g/mol. The van der Waals surface area contributed by atoms with Crippen molar-refractivity contribution in [2.45, 2.75) is 39.7 Å². The molecule has 0 fully saturated rings. The normalized spacial score (nSPS) is 11.2. The minimum absolute atomic E-state index is 0.0925. The molecule has 0 spiro atoms. The molecule has 0 aliphatic rings. The van der Waals surface area contributed by atoms with Gasteiger partial charge >= 0.3 is 0 Å². The lowest BCUT2D eigenvalue weighted by Gasteiger charge is -2.10. The van der Waals surface area contributed by atoms with Gasteiger partial charge in [-0.05, 0) is 56.7 Å². The standard InChI is InChI=1S/C22H23N5O2S/c1-4-6-19-24-25-22-27(19)26-21(30-22)16-7-5-8-17(13-16)23-20(28)15-9-11-18(12-10-15)29-14(2)3/h5,7-14H,4,6H2,1-3H3,(H,23,28). The van der Waals surface area contributed by atoms with E-state index in [2.05, 4.69) is 27.5 Å². The number of nitrogens with one attached hydrogen (secondary N) is 1. The second-order valence-corrected chi connectivity index (χ2v) is 8.15. The molecule has 0 saturated carbocycles. The third kappa shape index (κ3) is 4.33. The number of rotatable bonds is 7. The topological polar surface area (TPSA) is 81.4 Å². The van der Waals surface area contributed by atoms with Crippen molar-refractivity contribution in [3.63, 3.8) is 0 Å². The summed E-state index contributed by atoms with van der Waals surface area (Å²) in [5, 5.41) is 16.8. The lowest BCUT2D eigenvalue weighted by atomic mass is 10.1.